The first kappa shape index (κ1) is 16.7. The zero-order valence-electron chi connectivity index (χ0n) is 12.6. The predicted octanol–water partition coefficient (Wildman–Crippen LogP) is 2.68. The Morgan fingerprint density at radius 2 is 1.95 bits per heavy atom. The van der Waals surface area contributed by atoms with Gasteiger partial charge in [0.25, 0.3) is 5.69 Å². The molecule has 0 saturated heterocycles. The Morgan fingerprint density at radius 3 is 2.38 bits per heavy atom. The van der Waals surface area contributed by atoms with Gasteiger partial charge in [-0.1, -0.05) is 0 Å². The molecule has 21 heavy (non-hydrogen) atoms. The number of hydrogen-bond donors (Lipinski definition) is 1. The summed E-state index contributed by atoms with van der Waals surface area (Å²) in [7, 11) is 0. The summed E-state index contributed by atoms with van der Waals surface area (Å²) < 4.78 is 5.50. The van der Waals surface area contributed by atoms with Gasteiger partial charge in [0.1, 0.15) is 12.3 Å². The number of carbonyl (C=O) groups is 1. The number of non-ortho nitro benzene ring substituents is 1. The molecule has 7 nitrogen and oxygen atoms in total. The maximum absolute atomic E-state index is 11.0. The van der Waals surface area contributed by atoms with E-state index < -0.39 is 10.9 Å². The van der Waals surface area contributed by atoms with Gasteiger partial charge in [0, 0.05) is 23.9 Å². The molecule has 0 aliphatic carbocycles. The Balaban J connectivity index is 3.27. The van der Waals surface area contributed by atoms with Crippen molar-refractivity contribution < 1.29 is 19.6 Å². The number of ether oxygens (including phenoxy) is 1. The number of hydrogen-bond acceptors (Lipinski definition) is 5. The Kier molecular flexibility index (Phi) is 5.52. The van der Waals surface area contributed by atoms with Crippen molar-refractivity contribution in [2.45, 2.75) is 39.8 Å². The van der Waals surface area contributed by atoms with Crippen LogP contribution < -0.4 is 9.64 Å². The molecule has 1 rings (SSSR count). The van der Waals surface area contributed by atoms with Gasteiger partial charge in [-0.15, -0.1) is 0 Å². The number of anilines is 1. The summed E-state index contributed by atoms with van der Waals surface area (Å²) in [6.07, 6.45) is -0.133. The summed E-state index contributed by atoms with van der Waals surface area (Å²) in [4.78, 5) is 23.0. The fourth-order valence-corrected chi connectivity index (χ4v) is 1.90. The molecular weight excluding hydrogens is 276 g/mol. The fourth-order valence-electron chi connectivity index (χ4n) is 1.90. The summed E-state index contributed by atoms with van der Waals surface area (Å²) >= 11 is 0. The van der Waals surface area contributed by atoms with Crippen LogP contribution in [0.25, 0.3) is 0 Å². The summed E-state index contributed by atoms with van der Waals surface area (Å²) in [5, 5.41) is 20.0. The van der Waals surface area contributed by atoms with Gasteiger partial charge in [-0.3, -0.25) is 14.9 Å². The van der Waals surface area contributed by atoms with Crippen molar-refractivity contribution >= 4 is 17.3 Å². The van der Waals surface area contributed by atoms with E-state index in [4.69, 9.17) is 9.84 Å². The quantitative estimate of drug-likeness (QED) is 0.614. The number of benzene rings is 1. The monoisotopic (exact) mass is 296 g/mol. The van der Waals surface area contributed by atoms with E-state index in [1.54, 1.807) is 11.0 Å². The van der Waals surface area contributed by atoms with Crippen LogP contribution in [0.15, 0.2) is 18.2 Å². The first-order valence-electron chi connectivity index (χ1n) is 6.65. The second kappa shape index (κ2) is 6.92. The van der Waals surface area contributed by atoms with E-state index in [0.717, 1.165) is 0 Å². The number of nitro groups is 1. The third-order valence-electron chi connectivity index (χ3n) is 2.72. The Morgan fingerprint density at radius 1 is 1.33 bits per heavy atom. The number of rotatable bonds is 7. The molecule has 0 aromatic heterocycles. The smallest absolute Gasteiger partial charge is 0.323 e. The molecular formula is C14H20N2O5. The fraction of sp³-hybridized carbons (Fsp3) is 0.500. The van der Waals surface area contributed by atoms with Crippen LogP contribution in [0, 0.1) is 10.1 Å². The molecule has 116 valence electrons. The lowest BCUT2D eigenvalue weighted by atomic mass is 10.2. The molecule has 1 N–H and O–H groups in total. The van der Waals surface area contributed by atoms with E-state index >= 15 is 0 Å². The summed E-state index contributed by atoms with van der Waals surface area (Å²) in [6, 6.07) is 4.20. The van der Waals surface area contributed by atoms with Crippen molar-refractivity contribution in [3.8, 4) is 5.75 Å². The third-order valence-corrected chi connectivity index (χ3v) is 2.72. The van der Waals surface area contributed by atoms with Gasteiger partial charge in [0.15, 0.2) is 0 Å². The van der Waals surface area contributed by atoms with Crippen molar-refractivity contribution in [2.24, 2.45) is 0 Å². The zero-order valence-corrected chi connectivity index (χ0v) is 12.6. The highest BCUT2D eigenvalue weighted by molar-refractivity contribution is 5.74. The highest BCUT2D eigenvalue weighted by Crippen LogP contribution is 2.30. The van der Waals surface area contributed by atoms with Crippen LogP contribution in [-0.2, 0) is 4.79 Å². The SMILES string of the molecule is CC(C)Oc1cc(N(CC(=O)O)C(C)C)cc([N+](=O)[O-])c1. The predicted molar refractivity (Wildman–Crippen MR) is 79.0 cm³/mol. The molecule has 7 heteroatoms. The van der Waals surface area contributed by atoms with Crippen LogP contribution in [0.1, 0.15) is 27.7 Å². The van der Waals surface area contributed by atoms with Gasteiger partial charge in [-0.2, -0.15) is 0 Å². The van der Waals surface area contributed by atoms with Gasteiger partial charge in [-0.25, -0.2) is 0 Å². The van der Waals surface area contributed by atoms with E-state index in [-0.39, 0.29) is 24.4 Å². The molecule has 0 spiro atoms. The van der Waals surface area contributed by atoms with Crippen molar-refractivity contribution in [1.82, 2.24) is 0 Å². The molecule has 0 amide bonds. The van der Waals surface area contributed by atoms with Crippen molar-refractivity contribution in [3.63, 3.8) is 0 Å². The van der Waals surface area contributed by atoms with Crippen LogP contribution in [0.3, 0.4) is 0 Å². The number of aliphatic carboxylic acids is 1. The minimum atomic E-state index is -0.999. The molecule has 1 aromatic carbocycles. The summed E-state index contributed by atoms with van der Waals surface area (Å²) in [6.45, 7) is 7.04. The van der Waals surface area contributed by atoms with Gasteiger partial charge >= 0.3 is 5.97 Å². The Hall–Kier alpha value is -2.31. The standard InChI is InChI=1S/C14H20N2O5/c1-9(2)15(8-14(17)18)11-5-12(16(19)20)7-13(6-11)21-10(3)4/h5-7,9-10H,8H2,1-4H3,(H,17,18). The van der Waals surface area contributed by atoms with Gasteiger partial charge in [0.2, 0.25) is 0 Å². The molecule has 0 heterocycles. The molecule has 0 aliphatic rings. The lowest BCUT2D eigenvalue weighted by Crippen LogP contribution is -2.35. The van der Waals surface area contributed by atoms with Crippen molar-refractivity contribution in [2.75, 3.05) is 11.4 Å². The maximum Gasteiger partial charge on any atom is 0.323 e. The first-order chi connectivity index (χ1) is 9.70. The van der Waals surface area contributed by atoms with Crippen LogP contribution in [-0.4, -0.2) is 34.7 Å². The van der Waals surface area contributed by atoms with Crippen LogP contribution in [0.5, 0.6) is 5.75 Å². The maximum atomic E-state index is 11.0. The minimum Gasteiger partial charge on any atom is -0.491 e. The topological polar surface area (TPSA) is 92.9 Å². The molecule has 0 saturated carbocycles. The Bertz CT molecular complexity index is 528. The van der Waals surface area contributed by atoms with E-state index in [1.165, 1.54) is 12.1 Å². The first-order valence-corrected chi connectivity index (χ1v) is 6.65. The highest BCUT2D eigenvalue weighted by atomic mass is 16.6. The highest BCUT2D eigenvalue weighted by Gasteiger charge is 2.19. The molecule has 1 aromatic rings. The van der Waals surface area contributed by atoms with Gasteiger partial charge in [0.05, 0.1) is 17.1 Å². The zero-order chi connectivity index (χ0) is 16.2. The molecule has 0 radical (unpaired) electrons. The minimum absolute atomic E-state index is 0.116. The lowest BCUT2D eigenvalue weighted by molar-refractivity contribution is -0.384. The van der Waals surface area contributed by atoms with E-state index in [9.17, 15) is 14.9 Å². The molecule has 0 atom stereocenters. The van der Waals surface area contributed by atoms with Crippen molar-refractivity contribution in [3.05, 3.63) is 28.3 Å². The van der Waals surface area contributed by atoms with E-state index in [0.29, 0.717) is 11.4 Å². The number of nitro benzene ring substituents is 1. The van der Waals surface area contributed by atoms with Gasteiger partial charge in [-0.05, 0) is 27.7 Å². The number of carboxylic acid groups (broad SMARTS) is 1. The van der Waals surface area contributed by atoms with Gasteiger partial charge < -0.3 is 14.7 Å². The van der Waals surface area contributed by atoms with Crippen LogP contribution >= 0.6 is 0 Å². The second-order valence-electron chi connectivity index (χ2n) is 5.22. The van der Waals surface area contributed by atoms with Crippen molar-refractivity contribution in [1.29, 1.82) is 0 Å². The number of carboxylic acids is 1. The second-order valence-corrected chi connectivity index (χ2v) is 5.22. The third kappa shape index (κ3) is 4.94. The summed E-state index contributed by atoms with van der Waals surface area (Å²) in [5.41, 5.74) is 0.330. The Labute approximate surface area is 123 Å². The average Bonchev–Trinajstić information content (AvgIpc) is 2.34. The average molecular weight is 296 g/mol. The number of nitrogens with zero attached hydrogens (tertiary/aromatic N) is 2. The molecule has 0 bridgehead atoms. The normalized spacial score (nSPS) is 10.8. The largest absolute Gasteiger partial charge is 0.491 e. The van der Waals surface area contributed by atoms with E-state index in [1.807, 2.05) is 27.7 Å². The molecule has 0 fully saturated rings. The van der Waals surface area contributed by atoms with E-state index in [2.05, 4.69) is 0 Å². The van der Waals surface area contributed by atoms with Crippen LogP contribution in [0.4, 0.5) is 11.4 Å². The lowest BCUT2D eigenvalue weighted by Gasteiger charge is -2.27. The molecule has 0 aliphatic heterocycles. The molecule has 0 unspecified atom stereocenters. The van der Waals surface area contributed by atoms with Crippen LogP contribution in [0.2, 0.25) is 0 Å². The summed E-state index contributed by atoms with van der Waals surface area (Å²) in [5.74, 6) is -0.647.